The van der Waals surface area contributed by atoms with Crippen molar-refractivity contribution in [3.8, 4) is 0 Å². The number of hydrogen-bond acceptors (Lipinski definition) is 5. The summed E-state index contributed by atoms with van der Waals surface area (Å²) < 4.78 is 6.33. The minimum Gasteiger partial charge on any atom is -0.379 e. The Morgan fingerprint density at radius 3 is 2.75 bits per heavy atom. The van der Waals surface area contributed by atoms with E-state index in [1.165, 1.54) is 0 Å². The Bertz CT molecular complexity index is 683. The molecule has 1 fully saturated rings. The molecule has 1 aliphatic rings. The molecule has 2 aromatic rings. The second-order valence-electron chi connectivity index (χ2n) is 5.79. The monoisotopic (exact) mass is 409 g/mol. The van der Waals surface area contributed by atoms with Gasteiger partial charge in [0.2, 0.25) is 0 Å². The Morgan fingerprint density at radius 2 is 2.04 bits per heavy atom. The number of halogens is 1. The normalized spacial score (nSPS) is 15.4. The van der Waals surface area contributed by atoms with Crippen LogP contribution in [0, 0.1) is 0 Å². The predicted octanol–water partition coefficient (Wildman–Crippen LogP) is 3.01. The summed E-state index contributed by atoms with van der Waals surface area (Å²) >= 11 is 5.04. The summed E-state index contributed by atoms with van der Waals surface area (Å²) in [6.45, 7) is 4.88. The van der Waals surface area contributed by atoms with E-state index in [0.717, 1.165) is 48.0 Å². The molecule has 1 aliphatic heterocycles. The first-order valence-corrected chi connectivity index (χ1v) is 9.53. The van der Waals surface area contributed by atoms with Gasteiger partial charge in [-0.3, -0.25) is 9.69 Å². The van der Waals surface area contributed by atoms with Gasteiger partial charge < -0.3 is 9.64 Å². The summed E-state index contributed by atoms with van der Waals surface area (Å²) in [5.74, 6) is 0.00484. The van der Waals surface area contributed by atoms with Crippen molar-refractivity contribution in [1.82, 2.24) is 14.8 Å². The molecule has 1 aromatic carbocycles. The van der Waals surface area contributed by atoms with Crippen molar-refractivity contribution < 1.29 is 9.53 Å². The highest BCUT2D eigenvalue weighted by molar-refractivity contribution is 9.10. The van der Waals surface area contributed by atoms with Crippen molar-refractivity contribution in [1.29, 1.82) is 0 Å². The van der Waals surface area contributed by atoms with Crippen molar-refractivity contribution in [3.63, 3.8) is 0 Å². The zero-order valence-corrected chi connectivity index (χ0v) is 16.0. The number of morpholine rings is 1. The maximum atomic E-state index is 12.4. The van der Waals surface area contributed by atoms with Gasteiger partial charge in [-0.1, -0.05) is 15.9 Å². The van der Waals surface area contributed by atoms with Crippen molar-refractivity contribution in [2.75, 3.05) is 33.4 Å². The molecular formula is C17H20BrN3O2S. The van der Waals surface area contributed by atoms with E-state index in [1.807, 2.05) is 36.7 Å². The maximum absolute atomic E-state index is 12.4. The molecule has 0 saturated carbocycles. The second-order valence-corrected chi connectivity index (χ2v) is 7.65. The molecule has 7 heteroatoms. The highest BCUT2D eigenvalue weighted by Gasteiger charge is 2.15. The van der Waals surface area contributed by atoms with Gasteiger partial charge in [-0.25, -0.2) is 4.98 Å². The minimum absolute atomic E-state index is 0.00484. The lowest BCUT2D eigenvalue weighted by atomic mass is 10.2. The van der Waals surface area contributed by atoms with Crippen LogP contribution in [0.2, 0.25) is 0 Å². The van der Waals surface area contributed by atoms with Crippen LogP contribution in [0.3, 0.4) is 0 Å². The highest BCUT2D eigenvalue weighted by Crippen LogP contribution is 2.16. The molecule has 0 atom stereocenters. The number of hydrogen-bond donors (Lipinski definition) is 0. The molecule has 5 nitrogen and oxygen atoms in total. The summed E-state index contributed by atoms with van der Waals surface area (Å²) in [6, 6.07) is 7.41. The molecule has 128 valence electrons. The van der Waals surface area contributed by atoms with Crippen LogP contribution in [0.5, 0.6) is 0 Å². The Labute approximate surface area is 154 Å². The van der Waals surface area contributed by atoms with E-state index in [2.05, 4.69) is 25.8 Å². The first-order chi connectivity index (χ1) is 11.6. The molecule has 1 saturated heterocycles. The quantitative estimate of drug-likeness (QED) is 0.761. The Morgan fingerprint density at radius 1 is 1.33 bits per heavy atom. The summed E-state index contributed by atoms with van der Waals surface area (Å²) in [4.78, 5) is 21.2. The zero-order chi connectivity index (χ0) is 16.9. The molecule has 0 spiro atoms. The third-order valence-corrected chi connectivity index (χ3v) is 5.31. The van der Waals surface area contributed by atoms with E-state index in [4.69, 9.17) is 4.74 Å². The number of rotatable bonds is 5. The van der Waals surface area contributed by atoms with Gasteiger partial charge in [-0.15, -0.1) is 11.3 Å². The van der Waals surface area contributed by atoms with Crippen LogP contribution in [0.1, 0.15) is 21.1 Å². The van der Waals surface area contributed by atoms with E-state index in [-0.39, 0.29) is 5.91 Å². The maximum Gasteiger partial charge on any atom is 0.253 e. The number of amides is 1. The third kappa shape index (κ3) is 4.63. The number of nitrogens with zero attached hydrogens (tertiary/aromatic N) is 3. The van der Waals surface area contributed by atoms with Gasteiger partial charge in [0.25, 0.3) is 5.91 Å². The van der Waals surface area contributed by atoms with Crippen LogP contribution in [-0.2, 0) is 17.8 Å². The van der Waals surface area contributed by atoms with Gasteiger partial charge in [0, 0.05) is 35.6 Å². The lowest BCUT2D eigenvalue weighted by molar-refractivity contribution is 0.0341. The first kappa shape index (κ1) is 17.5. The van der Waals surface area contributed by atoms with Crippen molar-refractivity contribution >= 4 is 33.2 Å². The Balaban J connectivity index is 1.57. The van der Waals surface area contributed by atoms with Crippen LogP contribution < -0.4 is 0 Å². The van der Waals surface area contributed by atoms with E-state index in [9.17, 15) is 4.79 Å². The molecule has 2 heterocycles. The lowest BCUT2D eigenvalue weighted by Crippen LogP contribution is -2.35. The number of benzene rings is 1. The molecule has 24 heavy (non-hydrogen) atoms. The highest BCUT2D eigenvalue weighted by atomic mass is 79.9. The number of carbonyl (C=O) groups excluding carboxylic acids is 1. The molecule has 0 unspecified atom stereocenters. The smallest absolute Gasteiger partial charge is 0.253 e. The van der Waals surface area contributed by atoms with Gasteiger partial charge in [0.05, 0.1) is 32.0 Å². The summed E-state index contributed by atoms with van der Waals surface area (Å²) in [6.07, 6.45) is 0. The fraction of sp³-hybridized carbons (Fsp3) is 0.412. The predicted molar refractivity (Wildman–Crippen MR) is 98.1 cm³/mol. The van der Waals surface area contributed by atoms with E-state index in [1.54, 1.807) is 16.2 Å². The second kappa shape index (κ2) is 8.20. The van der Waals surface area contributed by atoms with E-state index in [0.29, 0.717) is 12.1 Å². The Hall–Kier alpha value is -1.28. The van der Waals surface area contributed by atoms with Crippen LogP contribution in [0.15, 0.2) is 34.1 Å². The lowest BCUT2D eigenvalue weighted by Gasteiger charge is -2.25. The van der Waals surface area contributed by atoms with Crippen LogP contribution in [-0.4, -0.2) is 54.0 Å². The fourth-order valence-electron chi connectivity index (χ4n) is 2.57. The van der Waals surface area contributed by atoms with Crippen molar-refractivity contribution in [2.45, 2.75) is 13.1 Å². The molecule has 0 N–H and O–H groups in total. The fourth-order valence-corrected chi connectivity index (χ4v) is 3.66. The van der Waals surface area contributed by atoms with Crippen LogP contribution in [0.25, 0.3) is 0 Å². The first-order valence-electron chi connectivity index (χ1n) is 7.86. The molecule has 0 bridgehead atoms. The molecule has 1 amide bonds. The average molecular weight is 410 g/mol. The van der Waals surface area contributed by atoms with Gasteiger partial charge in [-0.2, -0.15) is 0 Å². The molecule has 1 aromatic heterocycles. The molecule has 0 radical (unpaired) electrons. The summed E-state index contributed by atoms with van der Waals surface area (Å²) in [5.41, 5.74) is 1.63. The number of aromatic nitrogens is 1. The van der Waals surface area contributed by atoms with Crippen LogP contribution in [0.4, 0.5) is 0 Å². The van der Waals surface area contributed by atoms with E-state index < -0.39 is 0 Å². The summed E-state index contributed by atoms with van der Waals surface area (Å²) in [5, 5.41) is 3.14. The molecule has 0 aliphatic carbocycles. The topological polar surface area (TPSA) is 45.7 Å². The van der Waals surface area contributed by atoms with Crippen molar-refractivity contribution in [2.24, 2.45) is 0 Å². The number of carbonyl (C=O) groups is 1. The average Bonchev–Trinajstić information content (AvgIpc) is 3.02. The minimum atomic E-state index is 0.00484. The number of thiazole rings is 1. The SMILES string of the molecule is CN(Cc1csc(CN2CCOCC2)n1)C(=O)c1ccc(Br)cc1. The molecular weight excluding hydrogens is 390 g/mol. The van der Waals surface area contributed by atoms with Gasteiger partial charge in [-0.05, 0) is 24.3 Å². The van der Waals surface area contributed by atoms with Crippen molar-refractivity contribution in [3.05, 3.63) is 50.4 Å². The van der Waals surface area contributed by atoms with Gasteiger partial charge in [0.15, 0.2) is 0 Å². The van der Waals surface area contributed by atoms with Crippen LogP contribution >= 0.6 is 27.3 Å². The summed E-state index contributed by atoms with van der Waals surface area (Å²) in [7, 11) is 1.81. The van der Waals surface area contributed by atoms with E-state index >= 15 is 0 Å². The zero-order valence-electron chi connectivity index (χ0n) is 13.6. The third-order valence-electron chi connectivity index (χ3n) is 3.90. The Kier molecular flexibility index (Phi) is 5.99. The standard InChI is InChI=1S/C17H20BrN3O2S/c1-20(17(22)13-2-4-14(18)5-3-13)10-15-12-24-16(19-15)11-21-6-8-23-9-7-21/h2-5,12H,6-11H2,1H3. The molecule has 3 rings (SSSR count). The number of ether oxygens (including phenoxy) is 1. The largest absolute Gasteiger partial charge is 0.379 e. The van der Waals surface area contributed by atoms with Gasteiger partial charge in [0.1, 0.15) is 5.01 Å². The van der Waals surface area contributed by atoms with Gasteiger partial charge >= 0.3 is 0 Å².